The number of nitriles is 1. The van der Waals surface area contributed by atoms with E-state index in [0.29, 0.717) is 27.9 Å². The van der Waals surface area contributed by atoms with E-state index in [4.69, 9.17) is 5.11 Å². The van der Waals surface area contributed by atoms with Gasteiger partial charge in [-0.05, 0) is 30.5 Å². The standard InChI is InChI=1S/C28H27N3O3/c1-19-9-8-11-21(13-19)10-6-4-5-7-12-24-27(25(32)14-20(2)15-26(33)34)23-16-22(17-29)18-30-28(23)31(24)3/h4-13,16,18,20H,14-15H2,1-3H3,(H,33,34)/b5-4+,10-6+,12-7+/t20-/m0/s1. The van der Waals surface area contributed by atoms with Crippen LogP contribution in [-0.4, -0.2) is 26.4 Å². The molecule has 1 atom stereocenters. The Hall–Kier alpha value is -4.24. The Labute approximate surface area is 199 Å². The molecule has 2 heterocycles. The Morgan fingerprint density at radius 2 is 1.88 bits per heavy atom. The van der Waals surface area contributed by atoms with Gasteiger partial charge < -0.3 is 9.67 Å². The second-order valence-electron chi connectivity index (χ2n) is 8.37. The van der Waals surface area contributed by atoms with Crippen LogP contribution in [0.1, 0.15) is 52.5 Å². The van der Waals surface area contributed by atoms with Gasteiger partial charge in [-0.25, -0.2) is 4.98 Å². The SMILES string of the molecule is Cc1cccc(/C=C/C=C/C=C/c2c(C(=O)C[C@H](C)CC(=O)O)c3cc(C#N)cnc3n2C)c1. The molecule has 0 bridgehead atoms. The van der Waals surface area contributed by atoms with Gasteiger partial charge in [0.05, 0.1) is 16.8 Å². The number of Topliss-reactive ketones (excluding diaryl/α,β-unsaturated/α-hetero) is 1. The zero-order valence-corrected chi connectivity index (χ0v) is 19.5. The van der Waals surface area contributed by atoms with E-state index in [2.05, 4.69) is 30.1 Å². The third-order valence-corrected chi connectivity index (χ3v) is 5.45. The van der Waals surface area contributed by atoms with Crippen LogP contribution in [0.2, 0.25) is 0 Å². The predicted molar refractivity (Wildman–Crippen MR) is 134 cm³/mol. The van der Waals surface area contributed by atoms with Gasteiger partial charge in [-0.1, -0.05) is 67.1 Å². The number of pyridine rings is 1. The smallest absolute Gasteiger partial charge is 0.303 e. The molecular formula is C28H27N3O3. The first-order valence-corrected chi connectivity index (χ1v) is 11.0. The monoisotopic (exact) mass is 453 g/mol. The molecule has 0 saturated heterocycles. The van der Waals surface area contributed by atoms with Crippen LogP contribution < -0.4 is 0 Å². The van der Waals surface area contributed by atoms with Crippen molar-refractivity contribution >= 4 is 34.9 Å². The highest BCUT2D eigenvalue weighted by molar-refractivity contribution is 6.10. The molecule has 0 unspecified atom stereocenters. The summed E-state index contributed by atoms with van der Waals surface area (Å²) < 4.78 is 1.82. The van der Waals surface area contributed by atoms with E-state index in [1.807, 2.05) is 60.2 Å². The molecule has 0 amide bonds. The maximum atomic E-state index is 13.2. The topological polar surface area (TPSA) is 96.0 Å². The van der Waals surface area contributed by atoms with Crippen molar-refractivity contribution in [3.8, 4) is 6.07 Å². The van der Waals surface area contributed by atoms with E-state index in [1.165, 1.54) is 11.8 Å². The van der Waals surface area contributed by atoms with Gasteiger partial charge in [0.1, 0.15) is 11.7 Å². The molecule has 2 aromatic heterocycles. The van der Waals surface area contributed by atoms with Gasteiger partial charge in [-0.15, -0.1) is 0 Å². The minimum Gasteiger partial charge on any atom is -0.481 e. The number of hydrogen-bond donors (Lipinski definition) is 1. The normalized spacial score (nSPS) is 12.6. The molecule has 0 aliphatic heterocycles. The maximum absolute atomic E-state index is 13.2. The molecule has 0 fully saturated rings. The van der Waals surface area contributed by atoms with Gasteiger partial charge in [0.25, 0.3) is 0 Å². The molecule has 34 heavy (non-hydrogen) atoms. The minimum atomic E-state index is -0.935. The Morgan fingerprint density at radius 1 is 1.15 bits per heavy atom. The fourth-order valence-electron chi connectivity index (χ4n) is 3.88. The number of rotatable bonds is 9. The van der Waals surface area contributed by atoms with Crippen LogP contribution in [-0.2, 0) is 11.8 Å². The van der Waals surface area contributed by atoms with Crippen LogP contribution in [0.15, 0.2) is 60.8 Å². The van der Waals surface area contributed by atoms with Crippen molar-refractivity contribution in [1.82, 2.24) is 9.55 Å². The van der Waals surface area contributed by atoms with E-state index >= 15 is 0 Å². The van der Waals surface area contributed by atoms with Crippen molar-refractivity contribution in [2.45, 2.75) is 26.7 Å². The summed E-state index contributed by atoms with van der Waals surface area (Å²) in [6, 6.07) is 11.9. The molecule has 172 valence electrons. The summed E-state index contributed by atoms with van der Waals surface area (Å²) in [6.45, 7) is 3.80. The number of allylic oxidation sites excluding steroid dienone is 4. The van der Waals surface area contributed by atoms with Gasteiger partial charge in [0.2, 0.25) is 0 Å². The summed E-state index contributed by atoms with van der Waals surface area (Å²) in [5.41, 5.74) is 4.39. The number of nitrogens with zero attached hydrogens (tertiary/aromatic N) is 3. The number of carbonyl (C=O) groups excluding carboxylic acids is 1. The zero-order valence-electron chi connectivity index (χ0n) is 19.5. The highest BCUT2D eigenvalue weighted by Crippen LogP contribution is 2.28. The Balaban J connectivity index is 1.91. The number of carbonyl (C=O) groups is 2. The molecule has 0 saturated carbocycles. The third kappa shape index (κ3) is 5.96. The highest BCUT2D eigenvalue weighted by atomic mass is 16.4. The molecule has 3 rings (SSSR count). The first-order chi connectivity index (χ1) is 16.3. The van der Waals surface area contributed by atoms with Crippen molar-refractivity contribution in [3.63, 3.8) is 0 Å². The number of hydrogen-bond acceptors (Lipinski definition) is 4. The second-order valence-corrected chi connectivity index (χ2v) is 8.37. The summed E-state index contributed by atoms with van der Waals surface area (Å²) in [5.74, 6) is -1.41. The first kappa shape index (κ1) is 24.4. The zero-order chi connectivity index (χ0) is 24.7. The molecule has 0 radical (unpaired) electrons. The van der Waals surface area contributed by atoms with Gasteiger partial charge >= 0.3 is 5.97 Å². The number of aryl methyl sites for hydroxylation is 2. The molecule has 3 aromatic rings. The maximum Gasteiger partial charge on any atom is 0.303 e. The Bertz CT molecular complexity index is 1350. The molecule has 6 heteroatoms. The molecule has 6 nitrogen and oxygen atoms in total. The number of ketones is 1. The van der Waals surface area contributed by atoms with Crippen LogP contribution in [0.25, 0.3) is 23.2 Å². The lowest BCUT2D eigenvalue weighted by Gasteiger charge is -2.08. The molecule has 0 spiro atoms. The first-order valence-electron chi connectivity index (χ1n) is 11.0. The molecular weight excluding hydrogens is 426 g/mol. The fourth-order valence-corrected chi connectivity index (χ4v) is 3.88. The number of carboxylic acid groups (broad SMARTS) is 1. The van der Waals surface area contributed by atoms with Gasteiger partial charge in [-0.2, -0.15) is 5.26 Å². The van der Waals surface area contributed by atoms with Crippen LogP contribution in [0.5, 0.6) is 0 Å². The summed E-state index contributed by atoms with van der Waals surface area (Å²) >= 11 is 0. The number of fused-ring (bicyclic) bond motifs is 1. The lowest BCUT2D eigenvalue weighted by molar-refractivity contribution is -0.137. The molecule has 1 aromatic carbocycles. The Kier molecular flexibility index (Phi) is 7.94. The largest absolute Gasteiger partial charge is 0.481 e. The number of aromatic nitrogens is 2. The summed E-state index contributed by atoms with van der Waals surface area (Å²) in [5, 5.41) is 18.9. The lowest BCUT2D eigenvalue weighted by Crippen LogP contribution is -2.11. The van der Waals surface area contributed by atoms with E-state index in [1.54, 1.807) is 13.0 Å². The van der Waals surface area contributed by atoms with Crippen LogP contribution in [0.4, 0.5) is 0 Å². The third-order valence-electron chi connectivity index (χ3n) is 5.45. The van der Waals surface area contributed by atoms with Crippen molar-refractivity contribution < 1.29 is 14.7 Å². The van der Waals surface area contributed by atoms with E-state index in [9.17, 15) is 14.9 Å². The average molecular weight is 454 g/mol. The highest BCUT2D eigenvalue weighted by Gasteiger charge is 2.23. The molecule has 1 N–H and O–H groups in total. The number of aliphatic carboxylic acids is 1. The Morgan fingerprint density at radius 3 is 2.56 bits per heavy atom. The summed E-state index contributed by atoms with van der Waals surface area (Å²) in [7, 11) is 1.82. The van der Waals surface area contributed by atoms with Crippen molar-refractivity contribution in [2.24, 2.45) is 13.0 Å². The summed E-state index contributed by atoms with van der Waals surface area (Å²) in [4.78, 5) is 28.6. The van der Waals surface area contributed by atoms with Gasteiger partial charge in [0, 0.05) is 31.5 Å². The van der Waals surface area contributed by atoms with Gasteiger partial charge in [0.15, 0.2) is 5.78 Å². The van der Waals surface area contributed by atoms with E-state index < -0.39 is 5.97 Å². The van der Waals surface area contributed by atoms with Crippen LogP contribution in [0, 0.1) is 24.2 Å². The van der Waals surface area contributed by atoms with Crippen LogP contribution >= 0.6 is 0 Å². The van der Waals surface area contributed by atoms with Crippen LogP contribution in [0.3, 0.4) is 0 Å². The number of benzene rings is 1. The quantitative estimate of drug-likeness (QED) is 0.330. The predicted octanol–water partition coefficient (Wildman–Crippen LogP) is 5.72. The van der Waals surface area contributed by atoms with E-state index in [-0.39, 0.29) is 24.5 Å². The van der Waals surface area contributed by atoms with Crippen molar-refractivity contribution in [2.75, 3.05) is 0 Å². The fraction of sp³-hybridized carbons (Fsp3) is 0.214. The van der Waals surface area contributed by atoms with Crippen molar-refractivity contribution in [1.29, 1.82) is 5.26 Å². The lowest BCUT2D eigenvalue weighted by atomic mass is 9.95. The van der Waals surface area contributed by atoms with E-state index in [0.717, 1.165) is 5.56 Å². The van der Waals surface area contributed by atoms with Gasteiger partial charge in [-0.3, -0.25) is 9.59 Å². The molecule has 0 aliphatic carbocycles. The minimum absolute atomic E-state index is 0.0839. The summed E-state index contributed by atoms with van der Waals surface area (Å²) in [6.07, 6.45) is 12.9. The van der Waals surface area contributed by atoms with Crippen molar-refractivity contribution in [3.05, 3.63) is 88.8 Å². The second kappa shape index (κ2) is 11.1. The number of carboxylic acids is 1. The molecule has 0 aliphatic rings. The average Bonchev–Trinajstić information content (AvgIpc) is 3.06.